The minimum absolute atomic E-state index is 0.0565. The first-order valence-electron chi connectivity index (χ1n) is 20.8. The lowest BCUT2D eigenvalue weighted by Gasteiger charge is -2.27. The lowest BCUT2D eigenvalue weighted by Crippen LogP contribution is -2.54. The van der Waals surface area contributed by atoms with Crippen molar-refractivity contribution in [2.45, 2.75) is 31.7 Å². The van der Waals surface area contributed by atoms with E-state index < -0.39 is 29.7 Å². The smallest absolute Gasteiger partial charge is 0.262 e. The quantitative estimate of drug-likeness (QED) is 0.0447. The summed E-state index contributed by atoms with van der Waals surface area (Å²) in [5.74, 6) is -1.14. The van der Waals surface area contributed by atoms with E-state index in [-0.39, 0.29) is 37.2 Å². The van der Waals surface area contributed by atoms with Gasteiger partial charge < -0.3 is 33.6 Å². The predicted octanol–water partition coefficient (Wildman–Crippen LogP) is 4.65. The molecule has 1 aliphatic carbocycles. The number of pyridine rings is 1. The lowest BCUT2D eigenvalue weighted by atomic mass is 9.98. The SMILES string of the molecule is O=C1CCC(N2C(=O)c3ccc(OCCOCCOCCOCCOCCOc4ccc(-n5cc(-c6ccc7c(c6)CC/C7=N\O)c(-c6ccncc6)n5)cc4)cc3C2=O)C(=O)N1. The zero-order chi connectivity index (χ0) is 43.5. The van der Waals surface area contributed by atoms with Gasteiger partial charge in [-0.05, 0) is 85.0 Å². The van der Waals surface area contributed by atoms with Gasteiger partial charge in [-0.1, -0.05) is 23.4 Å². The van der Waals surface area contributed by atoms with Crippen LogP contribution in [0.3, 0.4) is 0 Å². The Hall–Kier alpha value is -6.79. The molecule has 4 heterocycles. The van der Waals surface area contributed by atoms with E-state index in [1.54, 1.807) is 18.5 Å². The average molecular weight is 859 g/mol. The van der Waals surface area contributed by atoms with Crippen LogP contribution in [0.15, 0.2) is 96.5 Å². The van der Waals surface area contributed by atoms with Gasteiger partial charge in [-0.15, -0.1) is 0 Å². The number of piperidine rings is 1. The van der Waals surface area contributed by atoms with Crippen molar-refractivity contribution in [2.24, 2.45) is 5.16 Å². The van der Waals surface area contributed by atoms with E-state index in [1.807, 2.05) is 59.4 Å². The van der Waals surface area contributed by atoms with Crippen LogP contribution in [0, 0.1) is 0 Å². The van der Waals surface area contributed by atoms with Crippen molar-refractivity contribution in [3.63, 3.8) is 0 Å². The van der Waals surface area contributed by atoms with Crippen LogP contribution in [0.5, 0.6) is 11.5 Å². The van der Waals surface area contributed by atoms with Gasteiger partial charge in [0.1, 0.15) is 36.4 Å². The number of ether oxygens (including phenoxy) is 6. The van der Waals surface area contributed by atoms with E-state index in [4.69, 9.17) is 33.5 Å². The highest BCUT2D eigenvalue weighted by molar-refractivity contribution is 6.23. The number of benzene rings is 3. The third kappa shape index (κ3) is 10.1. The molecule has 63 heavy (non-hydrogen) atoms. The average Bonchev–Trinajstić information content (AvgIpc) is 4.00. The van der Waals surface area contributed by atoms with Crippen LogP contribution in [0.4, 0.5) is 0 Å². The number of imide groups is 2. The number of hydrogen-bond donors (Lipinski definition) is 2. The van der Waals surface area contributed by atoms with Crippen molar-refractivity contribution >= 4 is 29.3 Å². The summed E-state index contributed by atoms with van der Waals surface area (Å²) in [6, 6.07) is 21.4. The Kier molecular flexibility index (Phi) is 13.9. The molecule has 5 aromatic rings. The third-order valence-electron chi connectivity index (χ3n) is 10.8. The van der Waals surface area contributed by atoms with Gasteiger partial charge in [-0.25, -0.2) is 4.68 Å². The van der Waals surface area contributed by atoms with Crippen LogP contribution >= 0.6 is 0 Å². The van der Waals surface area contributed by atoms with Gasteiger partial charge in [-0.3, -0.25) is 34.4 Å². The number of oxime groups is 1. The largest absolute Gasteiger partial charge is 0.491 e. The topological polar surface area (TPSA) is 202 Å². The number of carbonyl (C=O) groups is 4. The molecule has 2 aliphatic heterocycles. The van der Waals surface area contributed by atoms with E-state index in [0.29, 0.717) is 70.1 Å². The number of nitrogens with one attached hydrogen (secondary N) is 1. The van der Waals surface area contributed by atoms with Crippen molar-refractivity contribution in [3.8, 4) is 39.6 Å². The number of aromatic nitrogens is 3. The van der Waals surface area contributed by atoms with Crippen molar-refractivity contribution < 1.29 is 52.8 Å². The zero-order valence-corrected chi connectivity index (χ0v) is 34.4. The van der Waals surface area contributed by atoms with Crippen molar-refractivity contribution in [1.82, 2.24) is 25.0 Å². The van der Waals surface area contributed by atoms with Crippen LogP contribution in [0.1, 0.15) is 51.1 Å². The molecule has 0 spiro atoms. The van der Waals surface area contributed by atoms with Gasteiger partial charge in [0.15, 0.2) is 0 Å². The second kappa shape index (κ2) is 20.4. The molecule has 3 aromatic carbocycles. The molecule has 1 atom stereocenters. The Bertz CT molecular complexity index is 2470. The van der Waals surface area contributed by atoms with E-state index >= 15 is 0 Å². The predicted molar refractivity (Wildman–Crippen MR) is 226 cm³/mol. The monoisotopic (exact) mass is 858 g/mol. The molecule has 3 aliphatic rings. The van der Waals surface area contributed by atoms with E-state index in [1.165, 1.54) is 12.1 Å². The Morgan fingerprint density at radius 1 is 0.635 bits per heavy atom. The Balaban J connectivity index is 0.670. The molecular formula is C46H46N6O11. The van der Waals surface area contributed by atoms with E-state index in [0.717, 1.165) is 56.9 Å². The highest BCUT2D eigenvalue weighted by Crippen LogP contribution is 2.35. The fraction of sp³-hybridized carbons (Fsp3) is 0.326. The number of fused-ring (bicyclic) bond motifs is 2. The molecule has 2 aromatic heterocycles. The third-order valence-corrected chi connectivity index (χ3v) is 10.8. The number of aryl methyl sites for hydroxylation is 1. The summed E-state index contributed by atoms with van der Waals surface area (Å²) in [5, 5.41) is 20.0. The van der Waals surface area contributed by atoms with E-state index in [2.05, 4.69) is 21.5 Å². The highest BCUT2D eigenvalue weighted by atomic mass is 16.6. The number of amides is 4. The standard InChI is InChI=1S/C46H46N6O11/c53-42-12-11-41(44(54)48-42)52-45(55)37-9-7-35(28-38(37)46(52)56)63-26-24-61-22-20-59-18-17-58-19-21-60-23-25-62-34-5-3-33(4-6-34)51-29-39(43(49-51)30-13-15-47-16-14-30)32-1-8-36-31(27-32)2-10-40(36)50-57/h1,3-9,13-16,27-29,41,57H,2,10-12,17-26H2,(H,48,53,54)/b50-40+. The minimum atomic E-state index is -1.02. The Labute approximate surface area is 362 Å². The molecule has 326 valence electrons. The molecule has 0 bridgehead atoms. The van der Waals surface area contributed by atoms with Gasteiger partial charge in [-0.2, -0.15) is 5.10 Å². The maximum absolute atomic E-state index is 13.0. The minimum Gasteiger partial charge on any atom is -0.491 e. The number of hydrogen-bond acceptors (Lipinski definition) is 14. The van der Waals surface area contributed by atoms with Gasteiger partial charge in [0.25, 0.3) is 11.8 Å². The second-order valence-electron chi connectivity index (χ2n) is 14.8. The fourth-order valence-corrected chi connectivity index (χ4v) is 7.62. The number of nitrogens with zero attached hydrogens (tertiary/aromatic N) is 5. The first-order chi connectivity index (χ1) is 30.9. The number of carbonyl (C=O) groups excluding carboxylic acids is 4. The molecule has 17 nitrogen and oxygen atoms in total. The Morgan fingerprint density at radius 2 is 1.25 bits per heavy atom. The summed E-state index contributed by atoms with van der Waals surface area (Å²) >= 11 is 0. The summed E-state index contributed by atoms with van der Waals surface area (Å²) in [5.41, 5.74) is 7.90. The normalized spacial score (nSPS) is 16.4. The van der Waals surface area contributed by atoms with Crippen LogP contribution in [0.2, 0.25) is 0 Å². The maximum Gasteiger partial charge on any atom is 0.262 e. The van der Waals surface area contributed by atoms with Crippen LogP contribution in [-0.4, -0.2) is 126 Å². The molecule has 8 rings (SSSR count). The molecule has 1 unspecified atom stereocenters. The molecule has 1 saturated heterocycles. The molecule has 4 amide bonds. The van der Waals surface area contributed by atoms with Crippen LogP contribution in [-0.2, 0) is 35.0 Å². The van der Waals surface area contributed by atoms with E-state index in [9.17, 15) is 24.4 Å². The van der Waals surface area contributed by atoms with Crippen LogP contribution < -0.4 is 14.8 Å². The van der Waals surface area contributed by atoms with Crippen molar-refractivity contribution in [2.75, 3.05) is 66.1 Å². The summed E-state index contributed by atoms with van der Waals surface area (Å²) in [6.07, 6.45) is 7.24. The second-order valence-corrected chi connectivity index (χ2v) is 14.8. The van der Waals surface area contributed by atoms with Crippen LogP contribution in [0.25, 0.3) is 28.1 Å². The summed E-state index contributed by atoms with van der Waals surface area (Å²) in [6.45, 7) is 3.64. The summed E-state index contributed by atoms with van der Waals surface area (Å²) < 4.78 is 35.8. The summed E-state index contributed by atoms with van der Waals surface area (Å²) in [7, 11) is 0. The molecule has 2 N–H and O–H groups in total. The molecule has 1 fully saturated rings. The maximum atomic E-state index is 13.0. The molecular weight excluding hydrogens is 813 g/mol. The first-order valence-corrected chi connectivity index (χ1v) is 20.8. The first kappa shape index (κ1) is 42.9. The molecule has 0 saturated carbocycles. The van der Waals surface area contributed by atoms with Gasteiger partial charge in [0.05, 0.1) is 75.4 Å². The lowest BCUT2D eigenvalue weighted by molar-refractivity contribution is -0.136. The van der Waals surface area contributed by atoms with Crippen molar-refractivity contribution in [1.29, 1.82) is 0 Å². The number of rotatable bonds is 21. The zero-order valence-electron chi connectivity index (χ0n) is 34.4. The van der Waals surface area contributed by atoms with Gasteiger partial charge in [0.2, 0.25) is 11.8 Å². The van der Waals surface area contributed by atoms with Crippen molar-refractivity contribution in [3.05, 3.63) is 114 Å². The molecule has 0 radical (unpaired) electrons. The summed E-state index contributed by atoms with van der Waals surface area (Å²) in [4.78, 5) is 54.7. The fourth-order valence-electron chi connectivity index (χ4n) is 7.62. The highest BCUT2D eigenvalue weighted by Gasteiger charge is 2.44. The molecule has 17 heteroatoms. The van der Waals surface area contributed by atoms with Gasteiger partial charge >= 0.3 is 0 Å². The Morgan fingerprint density at radius 3 is 1.92 bits per heavy atom. The van der Waals surface area contributed by atoms with Gasteiger partial charge in [0, 0.05) is 41.7 Å².